The largest absolute Gasteiger partial charge is 0.335 e. The van der Waals surface area contributed by atoms with Gasteiger partial charge in [-0.2, -0.15) is 0 Å². The molecule has 0 aliphatic heterocycles. The van der Waals surface area contributed by atoms with Crippen molar-refractivity contribution < 1.29 is 4.79 Å². The SMILES string of the molecule is CCC=Cc1cn(C(=O)CCCC)c(=O)n1C. The van der Waals surface area contributed by atoms with E-state index in [1.165, 1.54) is 9.13 Å². The molecule has 0 radical (unpaired) electrons. The van der Waals surface area contributed by atoms with Crippen LogP contribution in [-0.2, 0) is 7.05 Å². The molecule has 0 bridgehead atoms. The highest BCUT2D eigenvalue weighted by atomic mass is 16.2. The monoisotopic (exact) mass is 236 g/mol. The Morgan fingerprint density at radius 3 is 2.71 bits per heavy atom. The maximum Gasteiger partial charge on any atom is 0.335 e. The summed E-state index contributed by atoms with van der Waals surface area (Å²) >= 11 is 0. The average molecular weight is 236 g/mol. The number of allylic oxidation sites excluding steroid dienone is 1. The molecule has 0 atom stereocenters. The van der Waals surface area contributed by atoms with Gasteiger partial charge in [0.2, 0.25) is 5.91 Å². The van der Waals surface area contributed by atoms with Gasteiger partial charge in [0, 0.05) is 19.7 Å². The van der Waals surface area contributed by atoms with E-state index in [4.69, 9.17) is 0 Å². The fraction of sp³-hybridized carbons (Fsp3) is 0.538. The van der Waals surface area contributed by atoms with Crippen LogP contribution >= 0.6 is 0 Å². The van der Waals surface area contributed by atoms with E-state index in [1.807, 2.05) is 26.0 Å². The molecule has 0 fully saturated rings. The van der Waals surface area contributed by atoms with Crippen LogP contribution in [0.1, 0.15) is 50.0 Å². The molecule has 94 valence electrons. The van der Waals surface area contributed by atoms with E-state index < -0.39 is 0 Å². The van der Waals surface area contributed by atoms with Crippen molar-refractivity contribution in [1.82, 2.24) is 9.13 Å². The van der Waals surface area contributed by atoms with Gasteiger partial charge in [-0.25, -0.2) is 9.36 Å². The van der Waals surface area contributed by atoms with E-state index in [2.05, 4.69) is 0 Å². The second kappa shape index (κ2) is 6.23. The first kappa shape index (κ1) is 13.5. The first-order chi connectivity index (χ1) is 8.11. The van der Waals surface area contributed by atoms with Crippen LogP contribution in [0.2, 0.25) is 0 Å². The minimum atomic E-state index is -0.262. The highest BCUT2D eigenvalue weighted by Gasteiger charge is 2.11. The Labute approximate surface area is 102 Å². The molecule has 0 aliphatic rings. The zero-order chi connectivity index (χ0) is 12.8. The van der Waals surface area contributed by atoms with Gasteiger partial charge in [-0.05, 0) is 18.9 Å². The van der Waals surface area contributed by atoms with Crippen molar-refractivity contribution >= 4 is 12.0 Å². The predicted octanol–water partition coefficient (Wildman–Crippen LogP) is 2.44. The molecule has 0 aromatic carbocycles. The molecule has 1 rings (SSSR count). The van der Waals surface area contributed by atoms with Crippen molar-refractivity contribution in [2.24, 2.45) is 7.05 Å². The number of aromatic nitrogens is 2. The highest BCUT2D eigenvalue weighted by molar-refractivity contribution is 5.79. The molecule has 0 saturated carbocycles. The summed E-state index contributed by atoms with van der Waals surface area (Å²) in [5.41, 5.74) is 0.503. The number of imidazole rings is 1. The summed E-state index contributed by atoms with van der Waals surface area (Å²) in [7, 11) is 1.68. The third-order valence-electron chi connectivity index (χ3n) is 2.68. The van der Waals surface area contributed by atoms with Crippen molar-refractivity contribution in [3.8, 4) is 0 Å². The van der Waals surface area contributed by atoms with Crippen molar-refractivity contribution in [3.63, 3.8) is 0 Å². The maximum absolute atomic E-state index is 11.8. The molecule has 4 heteroatoms. The second-order valence-electron chi connectivity index (χ2n) is 4.07. The topological polar surface area (TPSA) is 44.0 Å². The van der Waals surface area contributed by atoms with E-state index in [-0.39, 0.29) is 11.6 Å². The lowest BCUT2D eigenvalue weighted by molar-refractivity contribution is 0.0895. The second-order valence-corrected chi connectivity index (χ2v) is 4.07. The van der Waals surface area contributed by atoms with Crippen LogP contribution in [0.15, 0.2) is 17.1 Å². The average Bonchev–Trinajstić information content (AvgIpc) is 2.61. The summed E-state index contributed by atoms with van der Waals surface area (Å²) in [6.07, 6.45) is 8.56. The Morgan fingerprint density at radius 2 is 2.12 bits per heavy atom. The molecule has 1 heterocycles. The third-order valence-corrected chi connectivity index (χ3v) is 2.68. The quantitative estimate of drug-likeness (QED) is 0.788. The van der Waals surface area contributed by atoms with E-state index in [0.717, 1.165) is 25.0 Å². The Bertz CT molecular complexity index is 466. The van der Waals surface area contributed by atoms with Gasteiger partial charge in [0.25, 0.3) is 0 Å². The van der Waals surface area contributed by atoms with E-state index in [1.54, 1.807) is 13.2 Å². The number of hydrogen-bond acceptors (Lipinski definition) is 2. The number of nitrogens with zero attached hydrogens (tertiary/aromatic N) is 2. The van der Waals surface area contributed by atoms with Crippen LogP contribution in [0.4, 0.5) is 0 Å². The van der Waals surface area contributed by atoms with E-state index in [0.29, 0.717) is 6.42 Å². The van der Waals surface area contributed by atoms with Crippen LogP contribution in [0, 0.1) is 0 Å². The first-order valence-electron chi connectivity index (χ1n) is 6.09. The Morgan fingerprint density at radius 1 is 1.41 bits per heavy atom. The van der Waals surface area contributed by atoms with Crippen LogP contribution in [0.5, 0.6) is 0 Å². The summed E-state index contributed by atoms with van der Waals surface area (Å²) in [5, 5.41) is 0. The smallest absolute Gasteiger partial charge is 0.295 e. The molecule has 0 amide bonds. The van der Waals surface area contributed by atoms with Gasteiger partial charge >= 0.3 is 5.69 Å². The van der Waals surface area contributed by atoms with Gasteiger partial charge in [0.1, 0.15) is 0 Å². The number of carbonyl (C=O) groups excluding carboxylic acids is 1. The minimum absolute atomic E-state index is 0.122. The molecular weight excluding hydrogens is 216 g/mol. The molecule has 0 aliphatic carbocycles. The van der Waals surface area contributed by atoms with Crippen molar-refractivity contribution in [2.45, 2.75) is 39.5 Å². The lowest BCUT2D eigenvalue weighted by Crippen LogP contribution is -2.27. The number of unbranched alkanes of at least 4 members (excludes halogenated alkanes) is 1. The van der Waals surface area contributed by atoms with Crippen molar-refractivity contribution in [3.05, 3.63) is 28.5 Å². The summed E-state index contributed by atoms with van der Waals surface area (Å²) in [4.78, 5) is 23.6. The predicted molar refractivity (Wildman–Crippen MR) is 69.1 cm³/mol. The molecular formula is C13H20N2O2. The summed E-state index contributed by atoms with van der Waals surface area (Å²) < 4.78 is 2.71. The molecule has 1 aromatic rings. The van der Waals surface area contributed by atoms with Crippen LogP contribution in [0.3, 0.4) is 0 Å². The number of hydrogen-bond donors (Lipinski definition) is 0. The number of carbonyl (C=O) groups is 1. The standard InChI is InChI=1S/C13H20N2O2/c1-4-6-8-11-10-15(13(17)14(11)3)12(16)9-7-5-2/h6,8,10H,4-5,7,9H2,1-3H3. The normalized spacial score (nSPS) is 11.2. The summed E-state index contributed by atoms with van der Waals surface area (Å²) in [6, 6.07) is 0. The van der Waals surface area contributed by atoms with Crippen LogP contribution in [0.25, 0.3) is 6.08 Å². The van der Waals surface area contributed by atoms with Gasteiger partial charge in [-0.15, -0.1) is 0 Å². The Kier molecular flexibility index (Phi) is 4.94. The molecule has 0 unspecified atom stereocenters. The van der Waals surface area contributed by atoms with Gasteiger partial charge in [0.05, 0.1) is 5.69 Å². The molecule has 0 spiro atoms. The summed E-state index contributed by atoms with van der Waals surface area (Å²) in [6.45, 7) is 4.05. The molecule has 0 saturated heterocycles. The minimum Gasteiger partial charge on any atom is -0.295 e. The molecule has 1 aromatic heterocycles. The molecule has 4 nitrogen and oxygen atoms in total. The van der Waals surface area contributed by atoms with Gasteiger partial charge in [0.15, 0.2) is 0 Å². The third kappa shape index (κ3) is 3.19. The van der Waals surface area contributed by atoms with E-state index in [9.17, 15) is 9.59 Å². The molecule has 17 heavy (non-hydrogen) atoms. The fourth-order valence-corrected chi connectivity index (χ4v) is 1.57. The number of rotatable bonds is 5. The van der Waals surface area contributed by atoms with Gasteiger partial charge in [-0.3, -0.25) is 9.36 Å². The van der Waals surface area contributed by atoms with Crippen molar-refractivity contribution in [1.29, 1.82) is 0 Å². The van der Waals surface area contributed by atoms with E-state index >= 15 is 0 Å². The fourth-order valence-electron chi connectivity index (χ4n) is 1.57. The van der Waals surface area contributed by atoms with Crippen molar-refractivity contribution in [2.75, 3.05) is 0 Å². The van der Waals surface area contributed by atoms with Crippen LogP contribution < -0.4 is 5.69 Å². The zero-order valence-electron chi connectivity index (χ0n) is 10.8. The maximum atomic E-state index is 11.8. The lowest BCUT2D eigenvalue weighted by atomic mass is 10.2. The summed E-state index contributed by atoms with van der Waals surface area (Å²) in [5.74, 6) is -0.122. The Hall–Kier alpha value is -1.58. The zero-order valence-corrected chi connectivity index (χ0v) is 10.8. The van der Waals surface area contributed by atoms with Gasteiger partial charge < -0.3 is 0 Å². The molecule has 0 N–H and O–H groups in total. The lowest BCUT2D eigenvalue weighted by Gasteiger charge is -1.97. The first-order valence-corrected chi connectivity index (χ1v) is 6.09. The van der Waals surface area contributed by atoms with Crippen LogP contribution in [-0.4, -0.2) is 15.0 Å². The highest BCUT2D eigenvalue weighted by Crippen LogP contribution is 2.03. The van der Waals surface area contributed by atoms with Gasteiger partial charge in [-0.1, -0.05) is 26.3 Å². The Balaban J connectivity index is 2.98.